The van der Waals surface area contributed by atoms with Gasteiger partial charge in [-0.3, -0.25) is 29.1 Å². The Labute approximate surface area is 190 Å². The summed E-state index contributed by atoms with van der Waals surface area (Å²) >= 11 is 0. The van der Waals surface area contributed by atoms with Crippen molar-refractivity contribution in [2.45, 2.75) is 43.2 Å². The molecule has 0 saturated heterocycles. The smallest absolute Gasteiger partial charge is 0.325 e. The molecule has 0 aromatic carbocycles. The number of nitrogens with one attached hydrogen (secondary N) is 4. The first kappa shape index (κ1) is 26.6. The lowest BCUT2D eigenvalue weighted by atomic mass is 9.94. The number of primary amides is 1. The van der Waals surface area contributed by atoms with E-state index in [-0.39, 0.29) is 12.8 Å². The lowest BCUT2D eigenvalue weighted by Crippen LogP contribution is -2.59. The minimum atomic E-state index is -2.00. The van der Waals surface area contributed by atoms with Crippen LogP contribution in [0.1, 0.15) is 24.5 Å². The molecule has 5 unspecified atom stereocenters. The number of nitrogens with two attached hydrogens (primary N) is 2. The fourth-order valence-corrected chi connectivity index (χ4v) is 3.27. The molecule has 5 atom stereocenters. The monoisotopic (exact) mass is 486 g/mol. The lowest BCUT2D eigenvalue weighted by Gasteiger charge is -2.36. The number of aromatic amines is 2. The molecule has 188 valence electrons. The van der Waals surface area contributed by atoms with E-state index >= 15 is 0 Å². The Morgan fingerprint density at radius 2 is 1.91 bits per heavy atom. The molecule has 12 N–H and O–H groups in total. The molecule has 0 aliphatic carbocycles. The second-order valence-electron chi connectivity index (χ2n) is 7.39. The van der Waals surface area contributed by atoms with E-state index < -0.39 is 84.0 Å². The van der Waals surface area contributed by atoms with Gasteiger partial charge in [-0.05, 0) is 6.42 Å². The van der Waals surface area contributed by atoms with Crippen LogP contribution in [0, 0.1) is 0 Å². The van der Waals surface area contributed by atoms with Gasteiger partial charge in [0.15, 0.2) is 5.96 Å². The van der Waals surface area contributed by atoms with Crippen LogP contribution in [0.4, 0.5) is 0 Å². The maximum absolute atomic E-state index is 12.3. The third kappa shape index (κ3) is 6.23. The molecule has 17 heteroatoms. The first-order chi connectivity index (χ1) is 16.0. The largest absolute Gasteiger partial charge is 0.388 e. The summed E-state index contributed by atoms with van der Waals surface area (Å²) in [5, 5.41) is 43.3. The number of rotatable bonds is 12. The van der Waals surface area contributed by atoms with Gasteiger partial charge in [-0.25, -0.2) is 9.79 Å². The fourth-order valence-electron chi connectivity index (χ4n) is 3.27. The van der Waals surface area contributed by atoms with Gasteiger partial charge in [0.1, 0.15) is 24.8 Å². The highest BCUT2D eigenvalue weighted by molar-refractivity contribution is 6.02. The number of guanidine groups is 1. The number of nitrogens with zero attached hydrogens (tertiary/aromatic N) is 2. The first-order valence-electron chi connectivity index (χ1n) is 9.91. The van der Waals surface area contributed by atoms with E-state index in [1.165, 1.54) is 0 Å². The van der Waals surface area contributed by atoms with Gasteiger partial charge in [-0.1, -0.05) is 0 Å². The minimum Gasteiger partial charge on any atom is -0.388 e. The number of aromatic nitrogens is 2. The Morgan fingerprint density at radius 3 is 2.44 bits per heavy atom. The van der Waals surface area contributed by atoms with Crippen LogP contribution in [0.15, 0.2) is 20.8 Å². The van der Waals surface area contributed by atoms with Crippen LogP contribution >= 0.6 is 0 Å². The molecule has 34 heavy (non-hydrogen) atoms. The SMILES string of the molecule is NC(=O)CCC(NO)C(=O)NCC(O)C(O)C(C(O)c1c[nH]c(=O)[nH]c1=O)N1C(=O)CN=C1N. The van der Waals surface area contributed by atoms with Gasteiger partial charge in [-0.2, -0.15) is 5.48 Å². The van der Waals surface area contributed by atoms with Gasteiger partial charge >= 0.3 is 5.69 Å². The van der Waals surface area contributed by atoms with Crippen LogP contribution < -0.4 is 33.5 Å². The third-order valence-electron chi connectivity index (χ3n) is 5.06. The van der Waals surface area contributed by atoms with Crippen molar-refractivity contribution in [3.05, 3.63) is 32.6 Å². The molecule has 2 rings (SSSR count). The summed E-state index contributed by atoms with van der Waals surface area (Å²) in [4.78, 5) is 67.1. The second-order valence-corrected chi connectivity index (χ2v) is 7.39. The number of aliphatic hydroxyl groups excluding tert-OH is 3. The molecular weight excluding hydrogens is 460 g/mol. The van der Waals surface area contributed by atoms with Crippen LogP contribution in [-0.4, -0.2) is 96.5 Å². The summed E-state index contributed by atoms with van der Waals surface area (Å²) in [7, 11) is 0. The zero-order valence-electron chi connectivity index (χ0n) is 17.7. The van der Waals surface area contributed by atoms with Crippen molar-refractivity contribution in [2.75, 3.05) is 13.1 Å². The van der Waals surface area contributed by atoms with Gasteiger partial charge in [0.2, 0.25) is 11.8 Å². The highest BCUT2D eigenvalue weighted by Gasteiger charge is 2.43. The maximum atomic E-state index is 12.3. The standard InChI is InChI=1S/C17H26N8O9/c18-9(27)2-1-7(24-34)15(32)20-4-8(26)13(30)11(25-10(28)5-21-16(25)19)12(29)6-3-22-17(33)23-14(6)31/h3,7-8,11-13,24,26,29-30,34H,1-2,4-5H2,(H2,18,27)(H2,19,21)(H,20,32)(H2,22,23,31,33). The number of aliphatic imine (C=N–C) groups is 1. The van der Waals surface area contributed by atoms with Crippen LogP contribution in [-0.2, 0) is 14.4 Å². The zero-order valence-corrected chi connectivity index (χ0v) is 17.7. The van der Waals surface area contributed by atoms with Crippen molar-refractivity contribution in [2.24, 2.45) is 16.5 Å². The molecular formula is C17H26N8O9. The van der Waals surface area contributed by atoms with E-state index in [4.69, 9.17) is 16.7 Å². The Balaban J connectivity index is 2.23. The molecule has 0 radical (unpaired) electrons. The van der Waals surface area contributed by atoms with Crippen molar-refractivity contribution in [3.8, 4) is 0 Å². The highest BCUT2D eigenvalue weighted by Crippen LogP contribution is 2.24. The number of amides is 3. The molecule has 1 aromatic rings. The summed E-state index contributed by atoms with van der Waals surface area (Å²) in [6.07, 6.45) is -5.31. The number of aliphatic hydroxyl groups is 3. The number of H-pyrrole nitrogens is 2. The van der Waals surface area contributed by atoms with Gasteiger partial charge < -0.3 is 42.3 Å². The normalized spacial score (nSPS) is 18.1. The van der Waals surface area contributed by atoms with Crippen LogP contribution in [0.5, 0.6) is 0 Å². The molecule has 1 aromatic heterocycles. The summed E-state index contributed by atoms with van der Waals surface area (Å²) in [5.74, 6) is -2.73. The number of hydrogen-bond acceptors (Lipinski definition) is 12. The quantitative estimate of drug-likeness (QED) is 0.124. The highest BCUT2D eigenvalue weighted by atomic mass is 16.5. The predicted molar refractivity (Wildman–Crippen MR) is 112 cm³/mol. The summed E-state index contributed by atoms with van der Waals surface area (Å²) in [6, 6.07) is -3.01. The minimum absolute atomic E-state index is 0.165. The van der Waals surface area contributed by atoms with E-state index in [0.29, 0.717) is 4.90 Å². The topological polar surface area (TPSA) is 290 Å². The lowest BCUT2D eigenvalue weighted by molar-refractivity contribution is -0.135. The molecule has 0 spiro atoms. The van der Waals surface area contributed by atoms with Gasteiger partial charge in [0, 0.05) is 19.2 Å². The van der Waals surface area contributed by atoms with Crippen molar-refractivity contribution in [1.29, 1.82) is 0 Å². The van der Waals surface area contributed by atoms with E-state index in [0.717, 1.165) is 6.20 Å². The summed E-state index contributed by atoms with van der Waals surface area (Å²) in [5.41, 5.74) is 10.0. The molecule has 1 aliphatic heterocycles. The van der Waals surface area contributed by atoms with E-state index in [1.807, 2.05) is 4.98 Å². The Kier molecular flexibility index (Phi) is 8.98. The van der Waals surface area contributed by atoms with Crippen molar-refractivity contribution in [1.82, 2.24) is 25.7 Å². The fraction of sp³-hybridized carbons (Fsp3) is 0.529. The average Bonchev–Trinajstić information content (AvgIpc) is 3.10. The van der Waals surface area contributed by atoms with E-state index in [1.54, 1.807) is 5.48 Å². The van der Waals surface area contributed by atoms with E-state index in [2.05, 4.69) is 15.3 Å². The molecule has 0 fully saturated rings. The number of hydrogen-bond donors (Lipinski definition) is 10. The Bertz CT molecular complexity index is 1050. The molecule has 0 bridgehead atoms. The van der Waals surface area contributed by atoms with Crippen molar-refractivity contribution < 1.29 is 34.9 Å². The predicted octanol–water partition coefficient (Wildman–Crippen LogP) is -5.93. The first-order valence-corrected chi connectivity index (χ1v) is 9.91. The molecule has 1 aliphatic rings. The van der Waals surface area contributed by atoms with E-state index in [9.17, 15) is 39.3 Å². The van der Waals surface area contributed by atoms with Crippen molar-refractivity contribution in [3.63, 3.8) is 0 Å². The molecule has 2 heterocycles. The van der Waals surface area contributed by atoms with Crippen LogP contribution in [0.25, 0.3) is 0 Å². The Hall–Kier alpha value is -3.64. The van der Waals surface area contributed by atoms with Crippen LogP contribution in [0.3, 0.4) is 0 Å². The van der Waals surface area contributed by atoms with Gasteiger partial charge in [0.05, 0.1) is 17.7 Å². The number of hydroxylamine groups is 1. The second kappa shape index (κ2) is 11.5. The van der Waals surface area contributed by atoms with Gasteiger partial charge in [-0.15, -0.1) is 0 Å². The average molecular weight is 486 g/mol. The molecule has 17 nitrogen and oxygen atoms in total. The van der Waals surface area contributed by atoms with Gasteiger partial charge in [0.25, 0.3) is 11.5 Å². The number of carbonyl (C=O) groups is 3. The summed E-state index contributed by atoms with van der Waals surface area (Å²) < 4.78 is 0. The van der Waals surface area contributed by atoms with Crippen molar-refractivity contribution >= 4 is 23.7 Å². The third-order valence-corrected chi connectivity index (χ3v) is 5.06. The summed E-state index contributed by atoms with van der Waals surface area (Å²) in [6.45, 7) is -1.06. The van der Waals surface area contributed by atoms with Crippen LogP contribution in [0.2, 0.25) is 0 Å². The Morgan fingerprint density at radius 1 is 1.24 bits per heavy atom. The molecule has 0 saturated carbocycles. The zero-order chi connectivity index (χ0) is 25.6. The number of carbonyl (C=O) groups excluding carboxylic acids is 3. The maximum Gasteiger partial charge on any atom is 0.325 e. The molecule has 3 amide bonds.